The van der Waals surface area contributed by atoms with Crippen molar-refractivity contribution >= 4 is 27.5 Å². The number of H-pyrrole nitrogens is 1. The molecule has 0 bridgehead atoms. The average Bonchev–Trinajstić information content (AvgIpc) is 2.95. The Kier molecular flexibility index (Phi) is 5.88. The predicted molar refractivity (Wildman–Crippen MR) is 104 cm³/mol. The second-order valence-electron chi connectivity index (χ2n) is 6.75. The Morgan fingerprint density at radius 2 is 2.11 bits per heavy atom. The second kappa shape index (κ2) is 8.18. The molecule has 0 amide bonds. The maximum absolute atomic E-state index is 13.7. The molecule has 28 heavy (non-hydrogen) atoms. The van der Waals surface area contributed by atoms with Crippen molar-refractivity contribution in [3.05, 3.63) is 62.0 Å². The summed E-state index contributed by atoms with van der Waals surface area (Å²) in [7, 11) is 0. The lowest BCUT2D eigenvalue weighted by Gasteiger charge is -2.08. The molecule has 0 fully saturated rings. The number of aromatic nitrogens is 2. The summed E-state index contributed by atoms with van der Waals surface area (Å²) in [6, 6.07) is 2.59. The van der Waals surface area contributed by atoms with Gasteiger partial charge < -0.3 is 9.72 Å². The van der Waals surface area contributed by atoms with Crippen LogP contribution in [0.3, 0.4) is 0 Å². The van der Waals surface area contributed by atoms with Crippen LogP contribution < -0.4 is 5.56 Å². The van der Waals surface area contributed by atoms with E-state index >= 15 is 0 Å². The number of nitrogens with zero attached hydrogens (tertiary/aromatic N) is 1. The van der Waals surface area contributed by atoms with Crippen molar-refractivity contribution in [1.29, 1.82) is 0 Å². The van der Waals surface area contributed by atoms with E-state index in [0.717, 1.165) is 35.4 Å². The summed E-state index contributed by atoms with van der Waals surface area (Å²) in [5, 5.41) is 0.572. The molecule has 2 heterocycles. The van der Waals surface area contributed by atoms with Crippen molar-refractivity contribution in [2.24, 2.45) is 5.92 Å². The number of hydrogen-bond acceptors (Lipinski definition) is 5. The number of esters is 1. The summed E-state index contributed by atoms with van der Waals surface area (Å²) in [4.78, 5) is 33.2. The van der Waals surface area contributed by atoms with E-state index in [1.165, 1.54) is 11.3 Å². The second-order valence-corrected chi connectivity index (χ2v) is 7.95. The summed E-state index contributed by atoms with van der Waals surface area (Å²) < 4.78 is 31.6. The highest BCUT2D eigenvalue weighted by atomic mass is 32.1. The summed E-state index contributed by atoms with van der Waals surface area (Å²) in [6.45, 7) is 5.87. The van der Waals surface area contributed by atoms with Gasteiger partial charge in [0.2, 0.25) is 0 Å². The molecule has 1 atom stereocenters. The monoisotopic (exact) mass is 406 g/mol. The minimum Gasteiger partial charge on any atom is -0.454 e. The molecule has 0 saturated heterocycles. The minimum atomic E-state index is -1.01. The van der Waals surface area contributed by atoms with Crippen molar-refractivity contribution in [2.45, 2.75) is 40.2 Å². The van der Waals surface area contributed by atoms with Crippen LogP contribution in [0.5, 0.6) is 0 Å². The fourth-order valence-electron chi connectivity index (χ4n) is 2.89. The van der Waals surface area contributed by atoms with Gasteiger partial charge in [0.15, 0.2) is 0 Å². The van der Waals surface area contributed by atoms with Gasteiger partial charge in [-0.3, -0.25) is 4.79 Å². The van der Waals surface area contributed by atoms with Crippen LogP contribution in [0.15, 0.2) is 23.0 Å². The molecular formula is C20H20F2N2O3S. The fraction of sp³-hybridized carbons (Fsp3) is 0.350. The smallest absolute Gasteiger partial charge is 0.341 e. The molecule has 3 aromatic rings. The van der Waals surface area contributed by atoms with E-state index < -0.39 is 17.6 Å². The third-order valence-electron chi connectivity index (χ3n) is 4.65. The number of nitrogens with one attached hydrogen (secondary N) is 1. The zero-order chi connectivity index (χ0) is 20.4. The maximum atomic E-state index is 13.7. The Bertz CT molecular complexity index is 1090. The lowest BCUT2D eigenvalue weighted by atomic mass is 9.98. The Labute approximate surface area is 164 Å². The third kappa shape index (κ3) is 4.11. The van der Waals surface area contributed by atoms with Gasteiger partial charge >= 0.3 is 5.97 Å². The molecular weight excluding hydrogens is 386 g/mol. The van der Waals surface area contributed by atoms with E-state index in [1.807, 2.05) is 6.92 Å². The lowest BCUT2D eigenvalue weighted by Crippen LogP contribution is -2.15. The first-order valence-electron chi connectivity index (χ1n) is 8.93. The van der Waals surface area contributed by atoms with E-state index in [-0.39, 0.29) is 23.6 Å². The molecule has 1 aromatic carbocycles. The first kappa shape index (κ1) is 20.1. The molecule has 0 spiro atoms. The van der Waals surface area contributed by atoms with Crippen molar-refractivity contribution in [2.75, 3.05) is 0 Å². The molecule has 0 unspecified atom stereocenters. The molecule has 148 valence electrons. The van der Waals surface area contributed by atoms with Gasteiger partial charge in [0.05, 0.1) is 10.9 Å². The Morgan fingerprint density at radius 1 is 1.36 bits per heavy atom. The van der Waals surface area contributed by atoms with Crippen LogP contribution in [0.25, 0.3) is 10.2 Å². The molecule has 5 nitrogen and oxygen atoms in total. The van der Waals surface area contributed by atoms with E-state index in [9.17, 15) is 18.4 Å². The standard InChI is InChI=1S/C20H20F2N2O3S/c1-4-10(2)7-14-11(3)28-19-17(14)18(25)23-16(24-19)9-27-20(26)13-6-5-12(21)8-15(13)22/h5-6,8,10H,4,7,9H2,1-3H3,(H,23,24,25)/t10-/m1/s1. The topological polar surface area (TPSA) is 72.0 Å². The largest absolute Gasteiger partial charge is 0.454 e. The number of thiophene rings is 1. The first-order valence-corrected chi connectivity index (χ1v) is 9.75. The van der Waals surface area contributed by atoms with E-state index in [2.05, 4.69) is 23.8 Å². The summed E-state index contributed by atoms with van der Waals surface area (Å²) in [6.07, 6.45) is 1.81. The molecule has 0 aliphatic heterocycles. The Hall–Kier alpha value is -2.61. The van der Waals surface area contributed by atoms with Crippen LogP contribution in [-0.2, 0) is 17.8 Å². The van der Waals surface area contributed by atoms with Gasteiger partial charge in [-0.2, -0.15) is 0 Å². The van der Waals surface area contributed by atoms with Crippen molar-refractivity contribution in [3.8, 4) is 0 Å². The van der Waals surface area contributed by atoms with E-state index in [4.69, 9.17) is 4.74 Å². The van der Waals surface area contributed by atoms with Gasteiger partial charge in [-0.05, 0) is 37.0 Å². The normalized spacial score (nSPS) is 12.3. The van der Waals surface area contributed by atoms with Gasteiger partial charge in [-0.15, -0.1) is 11.3 Å². The van der Waals surface area contributed by atoms with Crippen LogP contribution in [0.2, 0.25) is 0 Å². The van der Waals surface area contributed by atoms with Gasteiger partial charge in [-0.25, -0.2) is 18.6 Å². The molecule has 0 aliphatic carbocycles. The summed E-state index contributed by atoms with van der Waals surface area (Å²) >= 11 is 1.42. The number of rotatable bonds is 6. The molecule has 3 rings (SSSR count). The molecule has 0 radical (unpaired) electrons. The predicted octanol–water partition coefficient (Wildman–Crippen LogP) is 4.52. The molecule has 8 heteroatoms. The van der Waals surface area contributed by atoms with Crippen molar-refractivity contribution < 1.29 is 18.3 Å². The minimum absolute atomic E-state index is 0.171. The van der Waals surface area contributed by atoms with Gasteiger partial charge in [-0.1, -0.05) is 20.3 Å². The number of aromatic amines is 1. The zero-order valence-electron chi connectivity index (χ0n) is 15.8. The third-order valence-corrected chi connectivity index (χ3v) is 5.69. The lowest BCUT2D eigenvalue weighted by molar-refractivity contribution is 0.0457. The molecule has 1 N–H and O–H groups in total. The van der Waals surface area contributed by atoms with Crippen LogP contribution in [0.1, 0.15) is 46.9 Å². The Balaban J connectivity index is 1.83. The molecule has 2 aromatic heterocycles. The van der Waals surface area contributed by atoms with Crippen LogP contribution in [0.4, 0.5) is 8.78 Å². The van der Waals surface area contributed by atoms with Crippen LogP contribution >= 0.6 is 11.3 Å². The molecule has 0 aliphatic rings. The van der Waals surface area contributed by atoms with Crippen molar-refractivity contribution in [3.63, 3.8) is 0 Å². The first-order chi connectivity index (χ1) is 13.3. The number of carbonyl (C=O) groups excluding carboxylic acids is 1. The van der Waals surface area contributed by atoms with E-state index in [0.29, 0.717) is 22.2 Å². The highest BCUT2D eigenvalue weighted by Gasteiger charge is 2.18. The number of benzene rings is 1. The number of halogens is 2. The van der Waals surface area contributed by atoms with Crippen molar-refractivity contribution in [1.82, 2.24) is 9.97 Å². The van der Waals surface area contributed by atoms with Gasteiger partial charge in [0, 0.05) is 10.9 Å². The zero-order valence-corrected chi connectivity index (χ0v) is 16.6. The Morgan fingerprint density at radius 3 is 2.79 bits per heavy atom. The summed E-state index contributed by atoms with van der Waals surface area (Å²) in [5.74, 6) is -2.14. The van der Waals surface area contributed by atoms with E-state index in [1.54, 1.807) is 0 Å². The fourth-order valence-corrected chi connectivity index (χ4v) is 3.97. The highest BCUT2D eigenvalue weighted by Crippen LogP contribution is 2.29. The van der Waals surface area contributed by atoms with Gasteiger partial charge in [0.25, 0.3) is 5.56 Å². The number of fused-ring (bicyclic) bond motifs is 1. The number of hydrogen-bond donors (Lipinski definition) is 1. The molecule has 0 saturated carbocycles. The van der Waals surface area contributed by atoms with Crippen LogP contribution in [0, 0.1) is 24.5 Å². The average molecular weight is 406 g/mol. The number of ether oxygens (including phenoxy) is 1. The highest BCUT2D eigenvalue weighted by molar-refractivity contribution is 7.18. The van der Waals surface area contributed by atoms with Gasteiger partial charge in [0.1, 0.15) is 28.9 Å². The number of aryl methyl sites for hydroxylation is 1. The quantitative estimate of drug-likeness (QED) is 0.611. The number of carbonyl (C=O) groups is 1. The van der Waals surface area contributed by atoms with Crippen LogP contribution in [-0.4, -0.2) is 15.9 Å². The SMILES string of the molecule is CC[C@@H](C)Cc1c(C)sc2nc(COC(=O)c3ccc(F)cc3F)[nH]c(=O)c12. The summed E-state index contributed by atoms with van der Waals surface area (Å²) in [5.41, 5.74) is 0.333. The maximum Gasteiger partial charge on any atom is 0.341 e.